The van der Waals surface area contributed by atoms with Crippen molar-refractivity contribution in [2.45, 2.75) is 4.90 Å². The SMILES string of the molecule is N=[N+]=NS(=O)(=O)c1ccccc1C(=O)[O-]. The molecule has 1 aromatic carbocycles. The molecule has 78 valence electrons. The molecule has 0 unspecified atom stereocenters. The summed E-state index contributed by atoms with van der Waals surface area (Å²) >= 11 is 0. The second kappa shape index (κ2) is 3.99. The molecule has 0 amide bonds. The lowest BCUT2D eigenvalue weighted by molar-refractivity contribution is -0.255. The quantitative estimate of drug-likeness (QED) is 0.540. The van der Waals surface area contributed by atoms with Gasteiger partial charge in [-0.3, -0.25) is 0 Å². The summed E-state index contributed by atoms with van der Waals surface area (Å²) in [5.41, 5.74) is 5.79. The molecule has 0 radical (unpaired) electrons. The third-order valence-corrected chi connectivity index (χ3v) is 2.74. The van der Waals surface area contributed by atoms with Crippen molar-refractivity contribution in [3.63, 3.8) is 0 Å². The Bertz CT molecular complexity index is 545. The number of hydrogen-bond donors (Lipinski definition) is 1. The Labute approximate surface area is 84.6 Å². The van der Waals surface area contributed by atoms with Crippen molar-refractivity contribution in [1.82, 2.24) is 4.91 Å². The van der Waals surface area contributed by atoms with E-state index in [-0.39, 0.29) is 0 Å². The van der Waals surface area contributed by atoms with Gasteiger partial charge in [-0.15, -0.1) is 0 Å². The number of benzene rings is 1. The van der Waals surface area contributed by atoms with Crippen molar-refractivity contribution in [1.29, 1.82) is 5.53 Å². The zero-order valence-electron chi connectivity index (χ0n) is 7.25. The van der Waals surface area contributed by atoms with Crippen LogP contribution in [0.1, 0.15) is 10.4 Å². The molecule has 7 nitrogen and oxygen atoms in total. The van der Waals surface area contributed by atoms with Gasteiger partial charge in [-0.25, -0.2) is 0 Å². The molecule has 0 saturated carbocycles. The van der Waals surface area contributed by atoms with E-state index >= 15 is 0 Å². The smallest absolute Gasteiger partial charge is 0.356 e. The first-order valence-electron chi connectivity index (χ1n) is 3.63. The topological polar surface area (TPSA) is 125 Å². The van der Waals surface area contributed by atoms with Crippen LogP contribution in [0.3, 0.4) is 0 Å². The Morgan fingerprint density at radius 3 is 2.53 bits per heavy atom. The lowest BCUT2D eigenvalue weighted by Gasteiger charge is -2.04. The Kier molecular flexibility index (Phi) is 2.93. The first-order chi connectivity index (χ1) is 6.99. The Morgan fingerprint density at radius 1 is 1.40 bits per heavy atom. The molecule has 0 saturated heterocycles. The number of carbonyl (C=O) groups is 1. The Morgan fingerprint density at radius 2 is 2.00 bits per heavy atom. The average molecular weight is 227 g/mol. The van der Waals surface area contributed by atoms with Crippen molar-refractivity contribution in [2.75, 3.05) is 0 Å². The number of carboxylic acids is 1. The van der Waals surface area contributed by atoms with Crippen LogP contribution in [0.15, 0.2) is 33.7 Å². The maximum Gasteiger partial charge on any atom is 0.356 e. The van der Waals surface area contributed by atoms with Crippen LogP contribution >= 0.6 is 0 Å². The van der Waals surface area contributed by atoms with E-state index in [1.54, 1.807) is 0 Å². The van der Waals surface area contributed by atoms with Crippen LogP contribution < -0.4 is 10.0 Å². The lowest BCUT2D eigenvalue weighted by atomic mass is 10.2. The van der Waals surface area contributed by atoms with E-state index in [0.717, 1.165) is 12.1 Å². The third kappa shape index (κ3) is 2.25. The summed E-state index contributed by atoms with van der Waals surface area (Å²) in [4.78, 5) is 12.4. The molecule has 0 spiro atoms. The number of hydrogen-bond acceptors (Lipinski definition) is 5. The summed E-state index contributed by atoms with van der Waals surface area (Å²) in [6, 6.07) is 4.80. The number of carboxylic acid groups (broad SMARTS) is 1. The molecule has 0 aromatic heterocycles. The maximum atomic E-state index is 11.3. The number of carbonyl (C=O) groups excluding carboxylic acids is 1. The highest BCUT2D eigenvalue weighted by Gasteiger charge is 2.22. The number of nitrogens with zero attached hydrogens (tertiary/aromatic N) is 2. The minimum absolute atomic E-state index is 0.509. The molecule has 0 aliphatic heterocycles. The van der Waals surface area contributed by atoms with Crippen LogP contribution in [-0.2, 0) is 10.0 Å². The van der Waals surface area contributed by atoms with Gasteiger partial charge in [0, 0.05) is 5.56 Å². The molecule has 0 heterocycles. The van der Waals surface area contributed by atoms with Gasteiger partial charge in [0.1, 0.15) is 10.4 Å². The van der Waals surface area contributed by atoms with E-state index < -0.39 is 26.5 Å². The summed E-state index contributed by atoms with van der Waals surface area (Å²) in [5, 5.41) is 10.6. The molecule has 1 N–H and O–H groups in total. The molecule has 1 rings (SSSR count). The molecule has 15 heavy (non-hydrogen) atoms. The summed E-state index contributed by atoms with van der Waals surface area (Å²) in [5.74, 6) is -1.63. The first kappa shape index (κ1) is 11.0. The standard InChI is InChI=1S/C7H5N3O4S/c8-9-10-15(13,14)6-4-2-1-3-5(6)7(11)12/h1-4,8H. The van der Waals surface area contributed by atoms with E-state index in [4.69, 9.17) is 5.53 Å². The number of aromatic carboxylic acids is 1. The molecular weight excluding hydrogens is 222 g/mol. The van der Waals surface area contributed by atoms with Crippen LogP contribution in [0, 0.1) is 5.53 Å². The van der Waals surface area contributed by atoms with E-state index in [0.29, 0.717) is 0 Å². The highest BCUT2D eigenvalue weighted by atomic mass is 32.2. The van der Waals surface area contributed by atoms with Crippen LogP contribution in [0.4, 0.5) is 0 Å². The van der Waals surface area contributed by atoms with Gasteiger partial charge in [-0.2, -0.15) is 8.42 Å². The second-order valence-corrected chi connectivity index (χ2v) is 3.99. The minimum Gasteiger partial charge on any atom is -0.545 e. The van der Waals surface area contributed by atoms with E-state index in [1.807, 2.05) is 0 Å². The van der Waals surface area contributed by atoms with Gasteiger partial charge in [-0.05, 0) is 6.07 Å². The number of sulfonamides is 1. The monoisotopic (exact) mass is 227 g/mol. The zero-order valence-corrected chi connectivity index (χ0v) is 8.06. The molecule has 8 heteroatoms. The molecule has 0 atom stereocenters. The highest BCUT2D eigenvalue weighted by Crippen LogP contribution is 2.16. The fourth-order valence-electron chi connectivity index (χ4n) is 0.958. The van der Waals surface area contributed by atoms with Gasteiger partial charge in [-0.1, -0.05) is 18.2 Å². The minimum atomic E-state index is -4.24. The summed E-state index contributed by atoms with van der Waals surface area (Å²) in [6.07, 6.45) is 0. The third-order valence-electron chi connectivity index (χ3n) is 1.53. The van der Waals surface area contributed by atoms with Gasteiger partial charge in [0.05, 0.1) is 5.97 Å². The molecule has 0 bridgehead atoms. The fraction of sp³-hybridized carbons (Fsp3) is 0. The van der Waals surface area contributed by atoms with E-state index in [1.165, 1.54) is 12.1 Å². The van der Waals surface area contributed by atoms with Crippen molar-refractivity contribution in [3.05, 3.63) is 29.8 Å². The second-order valence-electron chi connectivity index (χ2n) is 2.44. The highest BCUT2D eigenvalue weighted by molar-refractivity contribution is 7.90. The average Bonchev–Trinajstić information content (AvgIpc) is 2.17. The van der Waals surface area contributed by atoms with Crippen molar-refractivity contribution in [3.8, 4) is 0 Å². The van der Waals surface area contributed by atoms with Crippen LogP contribution in [0.5, 0.6) is 0 Å². The fourth-order valence-corrected chi connectivity index (χ4v) is 1.83. The molecule has 0 aliphatic rings. The number of rotatable bonds is 3. The van der Waals surface area contributed by atoms with E-state index in [9.17, 15) is 18.3 Å². The molecule has 1 aromatic rings. The Balaban J connectivity index is 3.51. The van der Waals surface area contributed by atoms with Crippen molar-refractivity contribution in [2.24, 2.45) is 4.52 Å². The zero-order chi connectivity index (χ0) is 11.5. The van der Waals surface area contributed by atoms with Crippen LogP contribution in [0.25, 0.3) is 0 Å². The van der Waals surface area contributed by atoms with Gasteiger partial charge in [0.2, 0.25) is 4.91 Å². The summed E-state index contributed by atoms with van der Waals surface area (Å²) < 4.78 is 25.2. The predicted molar refractivity (Wildman–Crippen MR) is 45.2 cm³/mol. The van der Waals surface area contributed by atoms with Crippen molar-refractivity contribution < 1.29 is 18.3 Å². The summed E-state index contributed by atoms with van der Waals surface area (Å²) in [7, 11) is -4.24. The molecular formula is C7H5N3O4S. The van der Waals surface area contributed by atoms with Gasteiger partial charge >= 0.3 is 10.0 Å². The lowest BCUT2D eigenvalue weighted by Crippen LogP contribution is -2.24. The molecule has 0 aliphatic carbocycles. The van der Waals surface area contributed by atoms with Gasteiger partial charge in [0.15, 0.2) is 0 Å². The predicted octanol–water partition coefficient (Wildman–Crippen LogP) is -0.711. The van der Waals surface area contributed by atoms with Crippen LogP contribution in [0.2, 0.25) is 0 Å². The molecule has 0 fully saturated rings. The Hall–Kier alpha value is -2.05. The number of nitrogens with one attached hydrogen (secondary N) is 1. The van der Waals surface area contributed by atoms with Crippen molar-refractivity contribution >= 4 is 16.0 Å². The first-order valence-corrected chi connectivity index (χ1v) is 5.07. The maximum absolute atomic E-state index is 11.3. The summed E-state index contributed by atoms with van der Waals surface area (Å²) in [6.45, 7) is 0. The van der Waals surface area contributed by atoms with E-state index in [2.05, 4.69) is 9.43 Å². The largest absolute Gasteiger partial charge is 0.545 e. The normalized spacial score (nSPS) is 10.4. The van der Waals surface area contributed by atoms with Gasteiger partial charge < -0.3 is 9.90 Å². The van der Waals surface area contributed by atoms with Gasteiger partial charge in [0.25, 0.3) is 4.52 Å². The van der Waals surface area contributed by atoms with Crippen LogP contribution in [-0.4, -0.2) is 14.4 Å².